The van der Waals surface area contributed by atoms with E-state index in [1.807, 2.05) is 44.2 Å². The number of rotatable bonds is 6. The number of H-pyrrole nitrogens is 1. The normalized spacial score (nSPS) is 17.1. The summed E-state index contributed by atoms with van der Waals surface area (Å²) in [5.74, 6) is 2.48. The van der Waals surface area contributed by atoms with E-state index in [4.69, 9.17) is 14.2 Å². The molecule has 2 aromatic carbocycles. The van der Waals surface area contributed by atoms with Gasteiger partial charge in [0.1, 0.15) is 12.1 Å². The van der Waals surface area contributed by atoms with E-state index in [1.54, 1.807) is 7.11 Å². The lowest BCUT2D eigenvalue weighted by atomic mass is 9.92. The molecule has 8 heteroatoms. The molecule has 170 valence electrons. The summed E-state index contributed by atoms with van der Waals surface area (Å²) in [7, 11) is 1.60. The fraction of sp³-hybridized carbons (Fsp3) is 0.320. The Labute approximate surface area is 191 Å². The minimum Gasteiger partial charge on any atom is -0.493 e. The number of methoxy groups -OCH3 is 1. The van der Waals surface area contributed by atoms with Gasteiger partial charge in [0.2, 0.25) is 11.8 Å². The van der Waals surface area contributed by atoms with Crippen molar-refractivity contribution in [3.8, 4) is 23.1 Å². The van der Waals surface area contributed by atoms with Gasteiger partial charge in [-0.15, -0.1) is 0 Å². The lowest BCUT2D eigenvalue weighted by molar-refractivity contribution is -0.124. The molecule has 1 aliphatic rings. The second-order valence-electron chi connectivity index (χ2n) is 8.43. The second-order valence-corrected chi connectivity index (χ2v) is 8.43. The van der Waals surface area contributed by atoms with Crippen molar-refractivity contribution < 1.29 is 19.0 Å². The number of hydrogen-bond donors (Lipinski definition) is 2. The van der Waals surface area contributed by atoms with Gasteiger partial charge in [0, 0.05) is 41.5 Å². The number of aromatic nitrogens is 3. The van der Waals surface area contributed by atoms with Gasteiger partial charge in [-0.25, -0.2) is 9.97 Å². The van der Waals surface area contributed by atoms with Gasteiger partial charge < -0.3 is 24.5 Å². The number of ether oxygens (including phenoxy) is 3. The van der Waals surface area contributed by atoms with E-state index in [-0.39, 0.29) is 17.9 Å². The number of fused-ring (bicyclic) bond motifs is 2. The van der Waals surface area contributed by atoms with Crippen molar-refractivity contribution in [2.24, 2.45) is 5.92 Å². The molecule has 2 N–H and O–H groups in total. The number of aromatic amines is 1. The Bertz CT molecular complexity index is 1330. The summed E-state index contributed by atoms with van der Waals surface area (Å²) in [5, 5.41) is 4.65. The SMILES string of the molecule is COc1cc2c(Oc3ccc4[nH]c(C)cc4c3)ncnc2cc1OC(C)C1CCNC(=O)C1. The molecule has 1 saturated heterocycles. The molecule has 2 aromatic heterocycles. The molecule has 0 spiro atoms. The third-order valence-electron chi connectivity index (χ3n) is 6.09. The average Bonchev–Trinajstić information content (AvgIpc) is 3.18. The molecular formula is C25H26N4O4. The van der Waals surface area contributed by atoms with E-state index in [2.05, 4.69) is 26.3 Å². The minimum absolute atomic E-state index is 0.0645. The van der Waals surface area contributed by atoms with Crippen LogP contribution in [0.5, 0.6) is 23.1 Å². The second kappa shape index (κ2) is 8.61. The number of nitrogens with one attached hydrogen (secondary N) is 2. The standard InChI is InChI=1S/C25H26N4O4/c1-14-8-17-9-18(4-5-20(17)29-14)33-25-19-11-22(31-3)23(12-21(19)27-13-28-25)32-15(2)16-6-7-26-24(30)10-16/h4-5,8-9,11-13,15-16,29H,6-7,10H2,1-3H3,(H,26,30). The van der Waals surface area contributed by atoms with Crippen LogP contribution in [0.3, 0.4) is 0 Å². The highest BCUT2D eigenvalue weighted by molar-refractivity contribution is 5.87. The van der Waals surface area contributed by atoms with Gasteiger partial charge in [-0.1, -0.05) is 0 Å². The summed E-state index contributed by atoms with van der Waals surface area (Å²) < 4.78 is 18.0. The van der Waals surface area contributed by atoms with Gasteiger partial charge in [-0.05, 0) is 50.6 Å². The van der Waals surface area contributed by atoms with Gasteiger partial charge >= 0.3 is 0 Å². The largest absolute Gasteiger partial charge is 0.493 e. The minimum atomic E-state index is -0.142. The highest BCUT2D eigenvalue weighted by atomic mass is 16.5. The first-order valence-corrected chi connectivity index (χ1v) is 11.0. The van der Waals surface area contributed by atoms with Crippen molar-refractivity contribution in [1.29, 1.82) is 0 Å². The van der Waals surface area contributed by atoms with Crippen LogP contribution in [-0.2, 0) is 4.79 Å². The van der Waals surface area contributed by atoms with Crippen molar-refractivity contribution in [1.82, 2.24) is 20.3 Å². The third kappa shape index (κ3) is 4.28. The fourth-order valence-corrected chi connectivity index (χ4v) is 4.31. The van der Waals surface area contributed by atoms with Gasteiger partial charge in [0.25, 0.3) is 0 Å². The summed E-state index contributed by atoms with van der Waals surface area (Å²) >= 11 is 0. The number of benzene rings is 2. The zero-order valence-corrected chi connectivity index (χ0v) is 18.8. The molecule has 1 amide bonds. The van der Waals surface area contributed by atoms with E-state index in [9.17, 15) is 4.79 Å². The Kier molecular flexibility index (Phi) is 5.50. The van der Waals surface area contributed by atoms with E-state index in [1.165, 1.54) is 6.33 Å². The molecule has 33 heavy (non-hydrogen) atoms. The number of nitrogens with zero attached hydrogens (tertiary/aromatic N) is 2. The van der Waals surface area contributed by atoms with Crippen molar-refractivity contribution in [3.05, 3.63) is 48.4 Å². The van der Waals surface area contributed by atoms with Crippen LogP contribution in [0.25, 0.3) is 21.8 Å². The van der Waals surface area contributed by atoms with E-state index >= 15 is 0 Å². The molecule has 3 heterocycles. The van der Waals surface area contributed by atoms with Crippen LogP contribution >= 0.6 is 0 Å². The molecule has 0 bridgehead atoms. The molecule has 0 radical (unpaired) electrons. The maximum Gasteiger partial charge on any atom is 0.230 e. The Morgan fingerprint density at radius 2 is 2.00 bits per heavy atom. The zero-order chi connectivity index (χ0) is 22.9. The van der Waals surface area contributed by atoms with Gasteiger partial charge in [-0.2, -0.15) is 0 Å². The molecule has 0 aliphatic carbocycles. The summed E-state index contributed by atoms with van der Waals surface area (Å²) in [4.78, 5) is 23.8. The molecule has 1 fully saturated rings. The Morgan fingerprint density at radius 1 is 1.12 bits per heavy atom. The van der Waals surface area contributed by atoms with Crippen molar-refractivity contribution in [2.45, 2.75) is 32.8 Å². The Balaban J connectivity index is 1.44. The number of aryl methyl sites for hydroxylation is 1. The zero-order valence-electron chi connectivity index (χ0n) is 18.8. The molecular weight excluding hydrogens is 420 g/mol. The maximum atomic E-state index is 11.8. The summed E-state index contributed by atoms with van der Waals surface area (Å²) in [5.41, 5.74) is 2.83. The number of hydrogen-bond acceptors (Lipinski definition) is 6. The van der Waals surface area contributed by atoms with Crippen molar-refractivity contribution in [2.75, 3.05) is 13.7 Å². The molecule has 8 nitrogen and oxygen atoms in total. The number of amides is 1. The lowest BCUT2D eigenvalue weighted by Crippen LogP contribution is -2.39. The first-order chi connectivity index (χ1) is 16.0. The monoisotopic (exact) mass is 446 g/mol. The topological polar surface area (TPSA) is 98.4 Å². The fourth-order valence-electron chi connectivity index (χ4n) is 4.31. The van der Waals surface area contributed by atoms with E-state index in [0.29, 0.717) is 41.6 Å². The van der Waals surface area contributed by atoms with Crippen LogP contribution in [-0.4, -0.2) is 40.6 Å². The van der Waals surface area contributed by atoms with Crippen LogP contribution in [0.1, 0.15) is 25.5 Å². The molecule has 2 atom stereocenters. The van der Waals surface area contributed by atoms with E-state index < -0.39 is 0 Å². The van der Waals surface area contributed by atoms with Gasteiger partial charge in [0.15, 0.2) is 11.5 Å². The number of piperidine rings is 1. The summed E-state index contributed by atoms with van der Waals surface area (Å²) in [6, 6.07) is 11.6. The van der Waals surface area contributed by atoms with Gasteiger partial charge in [-0.3, -0.25) is 4.79 Å². The number of carbonyl (C=O) groups excluding carboxylic acids is 1. The first-order valence-electron chi connectivity index (χ1n) is 11.0. The maximum absolute atomic E-state index is 11.8. The summed E-state index contributed by atoms with van der Waals surface area (Å²) in [6.07, 6.45) is 2.68. The van der Waals surface area contributed by atoms with Crippen LogP contribution in [0.2, 0.25) is 0 Å². The lowest BCUT2D eigenvalue weighted by Gasteiger charge is -2.28. The molecule has 5 rings (SSSR count). The van der Waals surface area contributed by atoms with Crippen LogP contribution in [0.4, 0.5) is 0 Å². The number of carbonyl (C=O) groups is 1. The van der Waals surface area contributed by atoms with Crippen molar-refractivity contribution in [3.63, 3.8) is 0 Å². The van der Waals surface area contributed by atoms with Crippen LogP contribution in [0, 0.1) is 12.8 Å². The predicted octanol–water partition coefficient (Wildman–Crippen LogP) is 4.51. The predicted molar refractivity (Wildman–Crippen MR) is 125 cm³/mol. The summed E-state index contributed by atoms with van der Waals surface area (Å²) in [6.45, 7) is 4.68. The third-order valence-corrected chi connectivity index (χ3v) is 6.09. The molecule has 4 aromatic rings. The quantitative estimate of drug-likeness (QED) is 0.452. The smallest absolute Gasteiger partial charge is 0.230 e. The highest BCUT2D eigenvalue weighted by Gasteiger charge is 2.26. The van der Waals surface area contributed by atoms with E-state index in [0.717, 1.165) is 28.4 Å². The van der Waals surface area contributed by atoms with Crippen LogP contribution in [0.15, 0.2) is 42.7 Å². The van der Waals surface area contributed by atoms with Crippen molar-refractivity contribution >= 4 is 27.7 Å². The first kappa shape index (κ1) is 21.1. The molecule has 0 saturated carbocycles. The average molecular weight is 447 g/mol. The van der Waals surface area contributed by atoms with Crippen LogP contribution < -0.4 is 19.5 Å². The molecule has 2 unspecified atom stereocenters. The van der Waals surface area contributed by atoms with Gasteiger partial charge in [0.05, 0.1) is 24.1 Å². The Morgan fingerprint density at radius 3 is 2.82 bits per heavy atom. The molecule has 1 aliphatic heterocycles. The Hall–Kier alpha value is -3.81. The highest BCUT2D eigenvalue weighted by Crippen LogP contribution is 2.37.